The molecule has 0 saturated heterocycles. The third-order valence-electron chi connectivity index (χ3n) is 12.8. The summed E-state index contributed by atoms with van der Waals surface area (Å²) in [6.45, 7) is 20.5. The van der Waals surface area contributed by atoms with Gasteiger partial charge in [0, 0.05) is 19.8 Å². The van der Waals surface area contributed by atoms with Crippen molar-refractivity contribution < 1.29 is 0 Å². The molecular weight excluding hydrogens is 667 g/mol. The molecule has 54 heavy (non-hydrogen) atoms. The Bertz CT molecular complexity index is 1320. The Balaban J connectivity index is 0.00000147. The van der Waals surface area contributed by atoms with E-state index in [9.17, 15) is 0 Å². The second kappa shape index (κ2) is 24.9. The zero-order valence-corrected chi connectivity index (χ0v) is 38.7. The first-order valence-electron chi connectivity index (χ1n) is 23.7. The minimum absolute atomic E-state index is 0. The maximum atomic E-state index is 5.35. The van der Waals surface area contributed by atoms with Gasteiger partial charge >= 0.3 is 0 Å². The fourth-order valence-corrected chi connectivity index (χ4v) is 12.1. The van der Waals surface area contributed by atoms with Crippen LogP contribution in [0.25, 0.3) is 16.7 Å². The van der Waals surface area contributed by atoms with Gasteiger partial charge in [-0.1, -0.05) is 211 Å². The first-order valence-corrected chi connectivity index (χ1v) is 26.7. The van der Waals surface area contributed by atoms with Crippen molar-refractivity contribution in [3.05, 3.63) is 64.2 Å². The summed E-state index contributed by atoms with van der Waals surface area (Å²) in [7, 11) is -0.850. The van der Waals surface area contributed by atoms with Crippen LogP contribution in [-0.2, 0) is 5.41 Å². The van der Waals surface area contributed by atoms with Crippen LogP contribution in [0.15, 0.2) is 42.0 Å². The molecule has 0 aromatic heterocycles. The van der Waals surface area contributed by atoms with Crippen LogP contribution < -0.4 is 5.73 Å². The molecule has 306 valence electrons. The second-order valence-electron chi connectivity index (χ2n) is 19.3. The molecular formula is C52H89NSi. The number of fused-ring (bicyclic) bond motifs is 4. The monoisotopic (exact) mass is 756 g/mol. The van der Waals surface area contributed by atoms with Gasteiger partial charge in [-0.3, -0.25) is 0 Å². The number of benzene rings is 2. The van der Waals surface area contributed by atoms with E-state index in [1.54, 1.807) is 44.5 Å². The predicted octanol–water partition coefficient (Wildman–Crippen LogP) is 16.8. The molecule has 0 spiro atoms. The van der Waals surface area contributed by atoms with E-state index in [2.05, 4.69) is 77.2 Å². The van der Waals surface area contributed by atoms with Gasteiger partial charge in [-0.05, 0) is 104 Å². The van der Waals surface area contributed by atoms with E-state index in [0.717, 1.165) is 0 Å². The fraction of sp³-hybridized carbons (Fsp3) is 0.731. The highest BCUT2D eigenvalue weighted by Gasteiger charge is 2.44. The van der Waals surface area contributed by atoms with Gasteiger partial charge in [-0.15, -0.1) is 0 Å². The molecule has 2 aliphatic carbocycles. The summed E-state index contributed by atoms with van der Waals surface area (Å²) in [6, 6.07) is 15.1. The van der Waals surface area contributed by atoms with Crippen LogP contribution in [0.5, 0.6) is 0 Å². The maximum absolute atomic E-state index is 5.35. The molecule has 1 nitrogen and oxygen atoms in total. The quantitative estimate of drug-likeness (QED) is 0.0713. The minimum Gasteiger partial charge on any atom is -0.326 e. The molecule has 0 radical (unpaired) electrons. The second-order valence-corrected chi connectivity index (χ2v) is 22.4. The SMILES string of the molecule is CC(C)(C)N.CCCCCCCCCCCCCCC1(CCCCCCCCCCCCCC)c2ccccc2-c2cc3c(cc21)C(C)=C(C)C3[SiH](C)C. The molecule has 0 fully saturated rings. The van der Waals surface area contributed by atoms with Crippen molar-refractivity contribution in [2.75, 3.05) is 0 Å². The van der Waals surface area contributed by atoms with E-state index >= 15 is 0 Å². The maximum Gasteiger partial charge on any atom is 0.0439 e. The lowest BCUT2D eigenvalue weighted by Gasteiger charge is -2.33. The zero-order valence-electron chi connectivity index (χ0n) is 37.6. The van der Waals surface area contributed by atoms with Crippen LogP contribution in [-0.4, -0.2) is 14.3 Å². The standard InChI is InChI=1S/C48H78Si.C4H11N/c1-7-9-11-13-15-17-19-21-23-25-27-31-35-48(36-32-28-26-24-22-20-18-16-14-12-10-8-2)45-34-30-29-33-41(45)43-37-44-42(38-46(43)48)39(3)40(4)47(44)49(5)6;1-4(2,3)5/h29-30,33-34,37-38,47,49H,7-28,31-32,35-36H2,1-6H3;5H2,1-3H3. The fourth-order valence-electron chi connectivity index (χ4n) is 9.83. The molecule has 1 unspecified atom stereocenters. The number of unbranched alkanes of at least 4 members (excludes halogenated alkanes) is 22. The summed E-state index contributed by atoms with van der Waals surface area (Å²) in [5.74, 6) is 0. The summed E-state index contributed by atoms with van der Waals surface area (Å²) >= 11 is 0. The molecule has 2 aromatic carbocycles. The Kier molecular flexibility index (Phi) is 21.5. The van der Waals surface area contributed by atoms with E-state index < -0.39 is 8.80 Å². The first kappa shape index (κ1) is 46.7. The molecule has 0 bridgehead atoms. The molecule has 0 amide bonds. The Morgan fingerprint density at radius 2 is 0.926 bits per heavy atom. The molecule has 2 heteroatoms. The summed E-state index contributed by atoms with van der Waals surface area (Å²) in [6.07, 6.45) is 36.9. The van der Waals surface area contributed by atoms with Crippen molar-refractivity contribution in [1.82, 2.24) is 0 Å². The lowest BCUT2D eigenvalue weighted by atomic mass is 9.70. The third-order valence-corrected chi connectivity index (χ3v) is 15.0. The van der Waals surface area contributed by atoms with Crippen molar-refractivity contribution in [1.29, 1.82) is 0 Å². The molecule has 1 atom stereocenters. The lowest BCUT2D eigenvalue weighted by molar-refractivity contribution is 0.396. The van der Waals surface area contributed by atoms with Crippen molar-refractivity contribution in [3.63, 3.8) is 0 Å². The summed E-state index contributed by atoms with van der Waals surface area (Å²) in [5.41, 5.74) is 19.3. The Morgan fingerprint density at radius 3 is 1.33 bits per heavy atom. The van der Waals surface area contributed by atoms with E-state index in [4.69, 9.17) is 5.73 Å². The van der Waals surface area contributed by atoms with E-state index in [-0.39, 0.29) is 11.0 Å². The third kappa shape index (κ3) is 14.7. The van der Waals surface area contributed by atoms with Crippen LogP contribution in [0, 0.1) is 0 Å². The van der Waals surface area contributed by atoms with Crippen LogP contribution in [0.1, 0.15) is 243 Å². The number of hydrogen-bond acceptors (Lipinski definition) is 1. The first-order chi connectivity index (χ1) is 26.0. The topological polar surface area (TPSA) is 26.0 Å². The lowest BCUT2D eigenvalue weighted by Crippen LogP contribution is -2.26. The molecule has 2 aliphatic rings. The molecule has 2 aromatic rings. The van der Waals surface area contributed by atoms with E-state index in [1.807, 2.05) is 20.8 Å². The van der Waals surface area contributed by atoms with Gasteiger partial charge in [0.2, 0.25) is 0 Å². The van der Waals surface area contributed by atoms with Gasteiger partial charge in [0.05, 0.1) is 0 Å². The molecule has 2 N–H and O–H groups in total. The van der Waals surface area contributed by atoms with Gasteiger partial charge in [0.15, 0.2) is 0 Å². The van der Waals surface area contributed by atoms with Crippen LogP contribution in [0.3, 0.4) is 0 Å². The van der Waals surface area contributed by atoms with Gasteiger partial charge < -0.3 is 5.73 Å². The van der Waals surface area contributed by atoms with Crippen LogP contribution >= 0.6 is 0 Å². The Hall–Kier alpha value is -1.64. The van der Waals surface area contributed by atoms with Crippen molar-refractivity contribution in [2.45, 2.75) is 245 Å². The highest BCUT2D eigenvalue weighted by Crippen LogP contribution is 2.57. The van der Waals surface area contributed by atoms with E-state index in [0.29, 0.717) is 5.54 Å². The van der Waals surface area contributed by atoms with Crippen molar-refractivity contribution in [3.8, 4) is 11.1 Å². The number of rotatable bonds is 27. The summed E-state index contributed by atoms with van der Waals surface area (Å²) in [5, 5.41) is 0. The van der Waals surface area contributed by atoms with Crippen molar-refractivity contribution in [2.24, 2.45) is 5.73 Å². The van der Waals surface area contributed by atoms with Gasteiger partial charge in [-0.25, -0.2) is 0 Å². The molecule has 0 saturated carbocycles. The largest absolute Gasteiger partial charge is 0.326 e. The van der Waals surface area contributed by atoms with Crippen LogP contribution in [0.4, 0.5) is 0 Å². The molecule has 0 heterocycles. The highest BCUT2D eigenvalue weighted by atomic mass is 28.3. The molecule has 4 rings (SSSR count). The van der Waals surface area contributed by atoms with E-state index in [1.165, 1.54) is 167 Å². The average molecular weight is 756 g/mol. The van der Waals surface area contributed by atoms with Crippen molar-refractivity contribution >= 4 is 14.4 Å². The predicted molar refractivity (Wildman–Crippen MR) is 248 cm³/mol. The normalized spacial score (nSPS) is 15.7. The van der Waals surface area contributed by atoms with Crippen LogP contribution in [0.2, 0.25) is 13.1 Å². The number of allylic oxidation sites excluding steroid dienone is 2. The highest BCUT2D eigenvalue weighted by molar-refractivity contribution is 6.59. The summed E-state index contributed by atoms with van der Waals surface area (Å²) in [4.78, 5) is 0. The smallest absolute Gasteiger partial charge is 0.0439 e. The van der Waals surface area contributed by atoms with Gasteiger partial charge in [-0.2, -0.15) is 0 Å². The molecule has 0 aliphatic heterocycles. The van der Waals surface area contributed by atoms with Gasteiger partial charge in [0.1, 0.15) is 0 Å². The Labute approximate surface area is 339 Å². The number of nitrogens with two attached hydrogens (primary N) is 1. The zero-order chi connectivity index (χ0) is 39.4. The Morgan fingerprint density at radius 1 is 0.537 bits per heavy atom. The minimum atomic E-state index is -0.850. The van der Waals surface area contributed by atoms with Gasteiger partial charge in [0.25, 0.3) is 0 Å². The number of hydrogen-bond donors (Lipinski definition) is 1. The summed E-state index contributed by atoms with van der Waals surface area (Å²) < 4.78 is 0. The average Bonchev–Trinajstić information content (AvgIpc) is 3.54.